The number of nitrogens with zero attached hydrogens (tertiary/aromatic N) is 2. The number of pyridine rings is 1. The molecule has 2 heterocycles. The molecule has 1 aromatic heterocycles. The zero-order chi connectivity index (χ0) is 24.0. The number of sulfonamides is 1. The van der Waals surface area contributed by atoms with Crippen LogP contribution in [0.5, 0.6) is 0 Å². The highest BCUT2D eigenvalue weighted by Crippen LogP contribution is 2.24. The fraction of sp³-hybridized carbons (Fsp3) is 0.364. The average molecular weight is 475 g/mol. The maximum Gasteiger partial charge on any atom is 0.325 e. The van der Waals surface area contributed by atoms with Crippen molar-refractivity contribution in [3.05, 3.63) is 53.9 Å². The number of urea groups is 1. The van der Waals surface area contributed by atoms with Gasteiger partial charge in [-0.2, -0.15) is 4.31 Å². The van der Waals surface area contributed by atoms with Crippen molar-refractivity contribution in [2.24, 2.45) is 5.92 Å². The van der Waals surface area contributed by atoms with Crippen LogP contribution in [0.25, 0.3) is 0 Å². The quantitative estimate of drug-likeness (QED) is 0.611. The molecule has 0 bridgehead atoms. The number of aryl methyl sites for hydroxylation is 2. The van der Waals surface area contributed by atoms with Crippen LogP contribution in [0.1, 0.15) is 24.0 Å². The highest BCUT2D eigenvalue weighted by atomic mass is 32.2. The molecule has 3 amide bonds. The van der Waals surface area contributed by atoms with Gasteiger partial charge in [-0.05, 0) is 50.5 Å². The number of benzene rings is 1. The van der Waals surface area contributed by atoms with Crippen LogP contribution in [0.3, 0.4) is 0 Å². The molecule has 2 aromatic rings. The molecule has 1 saturated heterocycles. The Balaban J connectivity index is 1.43. The molecule has 1 aliphatic heterocycles. The Morgan fingerprint density at radius 3 is 2.52 bits per heavy atom. The van der Waals surface area contributed by atoms with Gasteiger partial charge in [-0.3, -0.25) is 19.9 Å². The predicted molar refractivity (Wildman–Crippen MR) is 120 cm³/mol. The third-order valence-electron chi connectivity index (χ3n) is 5.29. The van der Waals surface area contributed by atoms with Crippen molar-refractivity contribution < 1.29 is 27.5 Å². The number of hydrogen-bond donors (Lipinski definition) is 2. The average Bonchev–Trinajstić information content (AvgIpc) is 2.80. The zero-order valence-corrected chi connectivity index (χ0v) is 19.2. The Morgan fingerprint density at radius 1 is 1.15 bits per heavy atom. The second kappa shape index (κ2) is 10.5. The molecular weight excluding hydrogens is 448 g/mol. The lowest BCUT2D eigenvalue weighted by Gasteiger charge is -2.29. The molecule has 176 valence electrons. The molecule has 0 unspecified atom stereocenters. The summed E-state index contributed by atoms with van der Waals surface area (Å²) in [6, 6.07) is 7.75. The number of hydrogen-bond acceptors (Lipinski definition) is 7. The molecule has 3 rings (SSSR count). The predicted octanol–water partition coefficient (Wildman–Crippen LogP) is 1.99. The van der Waals surface area contributed by atoms with E-state index >= 15 is 0 Å². The normalized spacial score (nSPS) is 15.0. The lowest BCUT2D eigenvalue weighted by Crippen LogP contribution is -2.41. The van der Waals surface area contributed by atoms with Crippen molar-refractivity contribution in [2.45, 2.75) is 31.6 Å². The fourth-order valence-electron chi connectivity index (χ4n) is 3.51. The van der Waals surface area contributed by atoms with Gasteiger partial charge >= 0.3 is 12.0 Å². The van der Waals surface area contributed by atoms with Crippen molar-refractivity contribution >= 4 is 33.6 Å². The number of piperidine rings is 1. The first kappa shape index (κ1) is 24.3. The number of esters is 1. The molecule has 1 aliphatic rings. The van der Waals surface area contributed by atoms with E-state index in [0.29, 0.717) is 5.69 Å². The summed E-state index contributed by atoms with van der Waals surface area (Å²) in [6.45, 7) is 3.47. The van der Waals surface area contributed by atoms with Crippen LogP contribution in [-0.4, -0.2) is 55.3 Å². The Hall–Kier alpha value is -3.31. The minimum Gasteiger partial charge on any atom is -0.455 e. The minimum absolute atomic E-state index is 0.0989. The third-order valence-corrected chi connectivity index (χ3v) is 7.17. The molecule has 0 radical (unpaired) electrons. The van der Waals surface area contributed by atoms with E-state index in [1.165, 1.54) is 22.8 Å². The Morgan fingerprint density at radius 2 is 1.88 bits per heavy atom. The third kappa shape index (κ3) is 6.36. The van der Waals surface area contributed by atoms with Gasteiger partial charge in [-0.15, -0.1) is 0 Å². The highest BCUT2D eigenvalue weighted by molar-refractivity contribution is 7.89. The smallest absolute Gasteiger partial charge is 0.325 e. The second-order valence-electron chi connectivity index (χ2n) is 7.80. The van der Waals surface area contributed by atoms with Gasteiger partial charge < -0.3 is 10.1 Å². The van der Waals surface area contributed by atoms with E-state index in [2.05, 4.69) is 15.6 Å². The van der Waals surface area contributed by atoms with Crippen molar-refractivity contribution in [2.75, 3.05) is 25.0 Å². The molecular formula is C22H26N4O6S. The number of rotatable bonds is 6. The topological polar surface area (TPSA) is 135 Å². The number of carbonyl (C=O) groups is 3. The summed E-state index contributed by atoms with van der Waals surface area (Å²) in [5, 5.41) is 4.69. The Bertz CT molecular complexity index is 1130. The number of nitrogens with one attached hydrogen (secondary N) is 2. The summed E-state index contributed by atoms with van der Waals surface area (Å²) in [7, 11) is -3.67. The van der Waals surface area contributed by atoms with Crippen LogP contribution in [0, 0.1) is 19.8 Å². The van der Waals surface area contributed by atoms with E-state index in [0.717, 1.165) is 11.1 Å². The molecule has 1 aromatic carbocycles. The molecule has 11 heteroatoms. The summed E-state index contributed by atoms with van der Waals surface area (Å²) in [4.78, 5) is 40.2. The lowest BCUT2D eigenvalue weighted by atomic mass is 9.98. The van der Waals surface area contributed by atoms with Crippen LogP contribution in [0.4, 0.5) is 10.5 Å². The van der Waals surface area contributed by atoms with Gasteiger partial charge in [0.25, 0.3) is 5.91 Å². The Kier molecular flexibility index (Phi) is 7.77. The summed E-state index contributed by atoms with van der Waals surface area (Å²) in [5.74, 6) is -1.89. The van der Waals surface area contributed by atoms with E-state index in [1.807, 2.05) is 26.0 Å². The van der Waals surface area contributed by atoms with E-state index in [4.69, 9.17) is 4.74 Å². The monoisotopic (exact) mass is 474 g/mol. The van der Waals surface area contributed by atoms with Gasteiger partial charge in [0.15, 0.2) is 6.61 Å². The van der Waals surface area contributed by atoms with Gasteiger partial charge in [-0.25, -0.2) is 13.2 Å². The van der Waals surface area contributed by atoms with Gasteiger partial charge in [0, 0.05) is 31.2 Å². The molecule has 0 saturated carbocycles. The highest BCUT2D eigenvalue weighted by Gasteiger charge is 2.33. The van der Waals surface area contributed by atoms with E-state index in [9.17, 15) is 22.8 Å². The van der Waals surface area contributed by atoms with E-state index < -0.39 is 40.5 Å². The van der Waals surface area contributed by atoms with Gasteiger partial charge in [0.05, 0.1) is 5.92 Å². The number of aromatic nitrogens is 1. The van der Waals surface area contributed by atoms with Gasteiger partial charge in [0.2, 0.25) is 10.0 Å². The summed E-state index contributed by atoms with van der Waals surface area (Å²) in [5.41, 5.74) is 2.46. The molecule has 0 spiro atoms. The maximum absolute atomic E-state index is 12.6. The number of carbonyl (C=O) groups excluding carboxylic acids is 3. The molecule has 33 heavy (non-hydrogen) atoms. The van der Waals surface area contributed by atoms with Gasteiger partial charge in [0.1, 0.15) is 4.90 Å². The standard InChI is InChI=1S/C22H26N4O6S/c1-15-5-6-19(16(2)12-15)24-22(29)25-20(27)14-32-21(28)17-7-10-26(11-8-17)33(30,31)18-4-3-9-23-13-18/h3-6,9,12-13,17H,7-8,10-11,14H2,1-2H3,(H2,24,25,27,29). The first-order chi connectivity index (χ1) is 15.7. The van der Waals surface area contributed by atoms with Crippen molar-refractivity contribution in [1.29, 1.82) is 0 Å². The molecule has 10 nitrogen and oxygen atoms in total. The number of anilines is 1. The zero-order valence-electron chi connectivity index (χ0n) is 18.4. The molecule has 1 fully saturated rings. The summed E-state index contributed by atoms with van der Waals surface area (Å²) < 4.78 is 31.6. The molecule has 2 N–H and O–H groups in total. The Labute approximate surface area is 192 Å². The van der Waals surface area contributed by atoms with Crippen LogP contribution in [0.15, 0.2) is 47.6 Å². The van der Waals surface area contributed by atoms with E-state index in [-0.39, 0.29) is 30.8 Å². The van der Waals surface area contributed by atoms with E-state index in [1.54, 1.807) is 12.1 Å². The molecule has 0 atom stereocenters. The summed E-state index contributed by atoms with van der Waals surface area (Å²) >= 11 is 0. The van der Waals surface area contributed by atoms with Crippen LogP contribution < -0.4 is 10.6 Å². The fourth-order valence-corrected chi connectivity index (χ4v) is 4.94. The number of ether oxygens (including phenoxy) is 1. The maximum atomic E-state index is 12.6. The SMILES string of the molecule is Cc1ccc(NC(=O)NC(=O)COC(=O)C2CCN(S(=O)(=O)c3cccnc3)CC2)c(C)c1. The van der Waals surface area contributed by atoms with Crippen molar-refractivity contribution in [3.63, 3.8) is 0 Å². The van der Waals surface area contributed by atoms with Crippen LogP contribution >= 0.6 is 0 Å². The largest absolute Gasteiger partial charge is 0.455 e. The van der Waals surface area contributed by atoms with Crippen LogP contribution in [-0.2, 0) is 24.3 Å². The first-order valence-electron chi connectivity index (χ1n) is 10.4. The number of imide groups is 1. The summed E-state index contributed by atoms with van der Waals surface area (Å²) in [6.07, 6.45) is 3.31. The van der Waals surface area contributed by atoms with Gasteiger partial charge in [-0.1, -0.05) is 17.7 Å². The first-order valence-corrected chi connectivity index (χ1v) is 11.9. The minimum atomic E-state index is -3.67. The molecule has 0 aliphatic carbocycles. The van der Waals surface area contributed by atoms with Crippen LogP contribution in [0.2, 0.25) is 0 Å². The lowest BCUT2D eigenvalue weighted by molar-refractivity contribution is -0.153. The van der Waals surface area contributed by atoms with Crippen molar-refractivity contribution in [1.82, 2.24) is 14.6 Å². The second-order valence-corrected chi connectivity index (χ2v) is 9.73. The number of amides is 3. The van der Waals surface area contributed by atoms with Crippen molar-refractivity contribution in [3.8, 4) is 0 Å².